The summed E-state index contributed by atoms with van der Waals surface area (Å²) in [6.07, 6.45) is -3.64. The van der Waals surface area contributed by atoms with Crippen molar-refractivity contribution in [2.45, 2.75) is 48.6 Å². The number of ether oxygens (including phenoxy) is 4. The first-order valence-electron chi connectivity index (χ1n) is 11.0. The van der Waals surface area contributed by atoms with Crippen molar-refractivity contribution in [3.8, 4) is 5.75 Å². The van der Waals surface area contributed by atoms with E-state index in [0.717, 1.165) is 12.0 Å². The topological polar surface area (TPSA) is 118 Å². The molecule has 0 spiro atoms. The van der Waals surface area contributed by atoms with Gasteiger partial charge in [0.25, 0.3) is 0 Å². The molecular formula is C24H27FO8. The summed E-state index contributed by atoms with van der Waals surface area (Å²) in [6, 6.07) is 11.5. The Kier molecular flexibility index (Phi) is 5.90. The zero-order chi connectivity index (χ0) is 23.2. The second-order valence-corrected chi connectivity index (χ2v) is 8.89. The Morgan fingerprint density at radius 3 is 2.55 bits per heavy atom. The van der Waals surface area contributed by atoms with Gasteiger partial charge in [-0.3, -0.25) is 0 Å². The minimum Gasteiger partial charge on any atom is -0.488 e. The summed E-state index contributed by atoms with van der Waals surface area (Å²) in [5, 5.41) is 41.1. The molecule has 2 aromatic carbocycles. The lowest BCUT2D eigenvalue weighted by Crippen LogP contribution is -2.65. The SMILES string of the molecule is OC[C@@]12CO[C@](c3ccc(F)c(Cc4ccc(OC5CCOC5)cc4)c3)(O1)[C@@H](O)[C@@H](O)[C@@H]2O. The molecule has 6 atom stereocenters. The quantitative estimate of drug-likeness (QED) is 0.494. The summed E-state index contributed by atoms with van der Waals surface area (Å²) in [4.78, 5) is 0. The van der Waals surface area contributed by atoms with Crippen molar-refractivity contribution in [1.82, 2.24) is 0 Å². The van der Waals surface area contributed by atoms with Crippen LogP contribution in [0.15, 0.2) is 42.5 Å². The van der Waals surface area contributed by atoms with Crippen LogP contribution in [-0.2, 0) is 26.4 Å². The first-order valence-corrected chi connectivity index (χ1v) is 11.0. The lowest BCUT2D eigenvalue weighted by atomic mass is 9.83. The molecule has 2 bridgehead atoms. The van der Waals surface area contributed by atoms with E-state index in [1.54, 1.807) is 0 Å². The summed E-state index contributed by atoms with van der Waals surface area (Å²) in [5.41, 5.74) is -0.112. The number of aliphatic hydroxyl groups excluding tert-OH is 4. The van der Waals surface area contributed by atoms with E-state index in [1.165, 1.54) is 18.2 Å². The van der Waals surface area contributed by atoms with Crippen LogP contribution >= 0.6 is 0 Å². The van der Waals surface area contributed by atoms with Crippen LogP contribution in [0.3, 0.4) is 0 Å². The van der Waals surface area contributed by atoms with Crippen molar-refractivity contribution in [2.75, 3.05) is 26.4 Å². The predicted octanol–water partition coefficient (Wildman–Crippen LogP) is 0.611. The van der Waals surface area contributed by atoms with Gasteiger partial charge in [-0.05, 0) is 35.4 Å². The van der Waals surface area contributed by atoms with Crippen molar-refractivity contribution in [3.05, 3.63) is 65.0 Å². The van der Waals surface area contributed by atoms with Gasteiger partial charge in [-0.2, -0.15) is 0 Å². The molecule has 5 rings (SSSR count). The molecule has 3 heterocycles. The van der Waals surface area contributed by atoms with Crippen molar-refractivity contribution in [3.63, 3.8) is 0 Å². The molecule has 178 valence electrons. The van der Waals surface area contributed by atoms with Crippen LogP contribution in [0.5, 0.6) is 5.75 Å². The van der Waals surface area contributed by atoms with Gasteiger partial charge in [0.1, 0.15) is 41.6 Å². The average Bonchev–Trinajstić information content (AvgIpc) is 3.48. The number of halogens is 1. The lowest BCUT2D eigenvalue weighted by molar-refractivity contribution is -0.329. The van der Waals surface area contributed by atoms with E-state index in [4.69, 9.17) is 18.9 Å². The van der Waals surface area contributed by atoms with Gasteiger partial charge < -0.3 is 39.4 Å². The molecule has 2 aromatic rings. The Morgan fingerprint density at radius 1 is 1.06 bits per heavy atom. The number of hydrogen-bond donors (Lipinski definition) is 4. The third kappa shape index (κ3) is 3.83. The number of hydrogen-bond acceptors (Lipinski definition) is 8. The van der Waals surface area contributed by atoms with Crippen LogP contribution in [0.25, 0.3) is 0 Å². The normalized spacial score (nSPS) is 35.7. The van der Waals surface area contributed by atoms with Crippen LogP contribution in [0.4, 0.5) is 4.39 Å². The van der Waals surface area contributed by atoms with E-state index in [0.29, 0.717) is 24.5 Å². The highest BCUT2D eigenvalue weighted by molar-refractivity contribution is 5.36. The van der Waals surface area contributed by atoms with Crippen molar-refractivity contribution >= 4 is 0 Å². The number of aliphatic hydroxyl groups is 4. The van der Waals surface area contributed by atoms with Crippen LogP contribution in [-0.4, -0.2) is 76.9 Å². The van der Waals surface area contributed by atoms with Gasteiger partial charge in [0.05, 0.1) is 26.4 Å². The van der Waals surface area contributed by atoms with E-state index >= 15 is 0 Å². The molecule has 3 aliphatic heterocycles. The zero-order valence-electron chi connectivity index (χ0n) is 17.9. The van der Waals surface area contributed by atoms with Crippen molar-refractivity contribution in [1.29, 1.82) is 0 Å². The van der Waals surface area contributed by atoms with E-state index < -0.39 is 42.1 Å². The first kappa shape index (κ1) is 22.7. The first-order chi connectivity index (χ1) is 15.9. The summed E-state index contributed by atoms with van der Waals surface area (Å²) in [5.74, 6) is -1.56. The minimum absolute atomic E-state index is 0.0393. The van der Waals surface area contributed by atoms with Gasteiger partial charge >= 0.3 is 0 Å². The third-order valence-electron chi connectivity index (χ3n) is 6.69. The molecule has 3 saturated heterocycles. The van der Waals surface area contributed by atoms with Crippen LogP contribution in [0.2, 0.25) is 0 Å². The van der Waals surface area contributed by atoms with Gasteiger partial charge in [0.15, 0.2) is 0 Å². The molecule has 0 saturated carbocycles. The highest BCUT2D eigenvalue weighted by atomic mass is 19.1. The Labute approximate surface area is 190 Å². The third-order valence-corrected chi connectivity index (χ3v) is 6.69. The van der Waals surface area contributed by atoms with Gasteiger partial charge in [0.2, 0.25) is 5.79 Å². The Bertz CT molecular complexity index is 994. The van der Waals surface area contributed by atoms with E-state index in [9.17, 15) is 24.8 Å². The van der Waals surface area contributed by atoms with Crippen LogP contribution in [0, 0.1) is 5.82 Å². The number of fused-ring (bicyclic) bond motifs is 2. The standard InChI is InChI=1S/C24H27FO8/c25-19-6-3-16(24-22(29)20(27)21(28)23(12-26,33-24)13-31-24)10-15(19)9-14-1-4-17(5-2-14)32-18-7-8-30-11-18/h1-6,10,18,20-22,26-29H,7-9,11-13H2/t18?,20-,21-,22-,23-,24+/m0/s1. The maximum Gasteiger partial charge on any atom is 0.225 e. The lowest BCUT2D eigenvalue weighted by Gasteiger charge is -2.45. The fourth-order valence-corrected chi connectivity index (χ4v) is 4.71. The molecule has 0 aliphatic carbocycles. The molecule has 33 heavy (non-hydrogen) atoms. The van der Waals surface area contributed by atoms with Gasteiger partial charge in [-0.25, -0.2) is 4.39 Å². The van der Waals surface area contributed by atoms with E-state index in [1.807, 2.05) is 24.3 Å². The highest BCUT2D eigenvalue weighted by Gasteiger charge is 2.67. The summed E-state index contributed by atoms with van der Waals surface area (Å²) in [7, 11) is 0. The fourth-order valence-electron chi connectivity index (χ4n) is 4.71. The molecule has 9 heteroatoms. The second-order valence-electron chi connectivity index (χ2n) is 8.89. The zero-order valence-corrected chi connectivity index (χ0v) is 17.9. The fraction of sp³-hybridized carbons (Fsp3) is 0.500. The highest BCUT2D eigenvalue weighted by Crippen LogP contribution is 2.49. The maximum absolute atomic E-state index is 14.7. The Balaban J connectivity index is 1.38. The summed E-state index contributed by atoms with van der Waals surface area (Å²) < 4.78 is 37.4. The number of benzene rings is 2. The molecule has 4 N–H and O–H groups in total. The Hall–Kier alpha value is -2.11. The molecule has 0 radical (unpaired) electrons. The molecule has 8 nitrogen and oxygen atoms in total. The molecule has 3 fully saturated rings. The van der Waals surface area contributed by atoms with E-state index in [-0.39, 0.29) is 24.7 Å². The van der Waals surface area contributed by atoms with Crippen molar-refractivity contribution < 1.29 is 43.8 Å². The van der Waals surface area contributed by atoms with Gasteiger partial charge in [-0.1, -0.05) is 18.2 Å². The molecular weight excluding hydrogens is 435 g/mol. The summed E-state index contributed by atoms with van der Waals surface area (Å²) >= 11 is 0. The minimum atomic E-state index is -1.83. The van der Waals surface area contributed by atoms with Crippen LogP contribution < -0.4 is 4.74 Å². The molecule has 0 amide bonds. The largest absolute Gasteiger partial charge is 0.488 e. The molecule has 0 aromatic heterocycles. The predicted molar refractivity (Wildman–Crippen MR) is 112 cm³/mol. The monoisotopic (exact) mass is 462 g/mol. The van der Waals surface area contributed by atoms with Crippen molar-refractivity contribution in [2.24, 2.45) is 0 Å². The average molecular weight is 462 g/mol. The summed E-state index contributed by atoms with van der Waals surface area (Å²) in [6.45, 7) is 0.409. The number of rotatable bonds is 6. The maximum atomic E-state index is 14.7. The Morgan fingerprint density at radius 2 is 1.85 bits per heavy atom. The van der Waals surface area contributed by atoms with Gasteiger partial charge in [0, 0.05) is 18.4 Å². The molecule has 1 unspecified atom stereocenters. The second kappa shape index (κ2) is 8.59. The van der Waals surface area contributed by atoms with E-state index in [2.05, 4.69) is 0 Å². The smallest absolute Gasteiger partial charge is 0.225 e. The van der Waals surface area contributed by atoms with Gasteiger partial charge in [-0.15, -0.1) is 0 Å². The molecule has 3 aliphatic rings. The van der Waals surface area contributed by atoms with Crippen LogP contribution in [0.1, 0.15) is 23.1 Å².